The first-order chi connectivity index (χ1) is 7.55. The Morgan fingerprint density at radius 2 is 2.31 bits per heavy atom. The summed E-state index contributed by atoms with van der Waals surface area (Å²) in [6.07, 6.45) is 2.25. The van der Waals surface area contributed by atoms with Crippen LogP contribution in [0.15, 0.2) is 18.3 Å². The lowest BCUT2D eigenvalue weighted by Gasteiger charge is -2.49. The van der Waals surface area contributed by atoms with Crippen molar-refractivity contribution in [3.05, 3.63) is 18.3 Å². The molecular formula is C12H18N2O2. The van der Waals surface area contributed by atoms with Crippen LogP contribution >= 0.6 is 0 Å². The fraction of sp³-hybridized carbons (Fsp3) is 0.583. The molecule has 0 aromatic carbocycles. The molecule has 2 rings (SSSR count). The quantitative estimate of drug-likeness (QED) is 0.816. The molecule has 2 atom stereocenters. The molecule has 1 aromatic rings. The molecule has 0 aliphatic heterocycles. The zero-order valence-corrected chi connectivity index (χ0v) is 9.90. The molecule has 1 saturated carbocycles. The maximum Gasteiger partial charge on any atom is 0.168 e. The number of methoxy groups -OCH3 is 1. The summed E-state index contributed by atoms with van der Waals surface area (Å²) in [5, 5.41) is 13.0. The van der Waals surface area contributed by atoms with Gasteiger partial charge in [-0.15, -0.1) is 0 Å². The second-order valence-corrected chi connectivity index (χ2v) is 4.82. The normalized spacial score (nSPS) is 27.0. The number of rotatable bonds is 3. The Bertz CT molecular complexity index is 379. The van der Waals surface area contributed by atoms with Gasteiger partial charge in [-0.1, -0.05) is 13.8 Å². The fourth-order valence-electron chi connectivity index (χ4n) is 1.98. The summed E-state index contributed by atoms with van der Waals surface area (Å²) in [4.78, 5) is 4.24. The van der Waals surface area contributed by atoms with Crippen LogP contribution in [0.4, 0.5) is 5.82 Å². The van der Waals surface area contributed by atoms with Crippen LogP contribution in [0.25, 0.3) is 0 Å². The Hall–Kier alpha value is -1.29. The Morgan fingerprint density at radius 3 is 2.88 bits per heavy atom. The average molecular weight is 222 g/mol. The van der Waals surface area contributed by atoms with Gasteiger partial charge in [0.15, 0.2) is 11.6 Å². The highest BCUT2D eigenvalue weighted by atomic mass is 16.5. The van der Waals surface area contributed by atoms with Gasteiger partial charge in [-0.2, -0.15) is 0 Å². The Labute approximate surface area is 95.7 Å². The van der Waals surface area contributed by atoms with Crippen molar-refractivity contribution < 1.29 is 9.84 Å². The Kier molecular flexibility index (Phi) is 2.76. The number of aliphatic hydroxyl groups excluding tert-OH is 1. The van der Waals surface area contributed by atoms with E-state index in [9.17, 15) is 5.11 Å². The van der Waals surface area contributed by atoms with Gasteiger partial charge in [-0.3, -0.25) is 0 Å². The summed E-state index contributed by atoms with van der Waals surface area (Å²) in [6.45, 7) is 4.10. The van der Waals surface area contributed by atoms with E-state index in [1.165, 1.54) is 0 Å². The van der Waals surface area contributed by atoms with Gasteiger partial charge in [0, 0.05) is 17.7 Å². The van der Waals surface area contributed by atoms with Crippen molar-refractivity contribution >= 4 is 5.82 Å². The Morgan fingerprint density at radius 1 is 1.56 bits per heavy atom. The van der Waals surface area contributed by atoms with Crippen LogP contribution < -0.4 is 10.1 Å². The molecule has 88 valence electrons. The monoisotopic (exact) mass is 222 g/mol. The van der Waals surface area contributed by atoms with Gasteiger partial charge in [0.1, 0.15) is 0 Å². The summed E-state index contributed by atoms with van der Waals surface area (Å²) < 4.78 is 5.22. The number of hydrogen-bond donors (Lipinski definition) is 2. The van der Waals surface area contributed by atoms with Crippen molar-refractivity contribution in [1.29, 1.82) is 0 Å². The van der Waals surface area contributed by atoms with E-state index < -0.39 is 0 Å². The molecule has 0 radical (unpaired) electrons. The zero-order chi connectivity index (χ0) is 11.8. The molecule has 4 heteroatoms. The fourth-order valence-corrected chi connectivity index (χ4v) is 1.98. The van der Waals surface area contributed by atoms with E-state index in [4.69, 9.17) is 4.74 Å². The summed E-state index contributed by atoms with van der Waals surface area (Å²) in [6, 6.07) is 3.95. The number of aromatic nitrogens is 1. The third kappa shape index (κ3) is 1.73. The molecule has 1 aliphatic carbocycles. The maximum absolute atomic E-state index is 9.66. The lowest BCUT2D eigenvalue weighted by Crippen LogP contribution is -2.57. The number of pyridine rings is 1. The van der Waals surface area contributed by atoms with Crippen molar-refractivity contribution in [2.45, 2.75) is 32.4 Å². The van der Waals surface area contributed by atoms with E-state index in [-0.39, 0.29) is 17.6 Å². The van der Waals surface area contributed by atoms with Crippen LogP contribution in [0.1, 0.15) is 20.3 Å². The number of nitrogens with one attached hydrogen (secondary N) is 1. The van der Waals surface area contributed by atoms with Gasteiger partial charge < -0.3 is 15.2 Å². The highest BCUT2D eigenvalue weighted by Crippen LogP contribution is 2.42. The van der Waals surface area contributed by atoms with Crippen molar-refractivity contribution in [3.63, 3.8) is 0 Å². The van der Waals surface area contributed by atoms with E-state index in [2.05, 4.69) is 10.3 Å². The first kappa shape index (κ1) is 11.2. The molecule has 0 amide bonds. The standard InChI is InChI=1S/C12H18N2O2/c1-12(2)9(7-10(12)15)14-11-8(16-3)5-4-6-13-11/h4-6,9-10,15H,7H2,1-3H3,(H,13,14). The molecule has 1 heterocycles. The highest BCUT2D eigenvalue weighted by molar-refractivity contribution is 5.51. The number of nitrogens with zero attached hydrogens (tertiary/aromatic N) is 1. The predicted molar refractivity (Wildman–Crippen MR) is 62.6 cm³/mol. The number of hydrogen-bond acceptors (Lipinski definition) is 4. The number of aliphatic hydroxyl groups is 1. The molecule has 2 N–H and O–H groups in total. The van der Waals surface area contributed by atoms with E-state index in [1.54, 1.807) is 13.3 Å². The van der Waals surface area contributed by atoms with Crippen molar-refractivity contribution in [3.8, 4) is 5.75 Å². The molecule has 2 unspecified atom stereocenters. The lowest BCUT2D eigenvalue weighted by atomic mass is 9.64. The third-order valence-electron chi connectivity index (χ3n) is 3.52. The first-order valence-corrected chi connectivity index (χ1v) is 5.49. The predicted octanol–water partition coefficient (Wildman–Crippen LogP) is 1.66. The largest absolute Gasteiger partial charge is 0.493 e. The second kappa shape index (κ2) is 3.94. The second-order valence-electron chi connectivity index (χ2n) is 4.82. The van der Waals surface area contributed by atoms with Gasteiger partial charge in [-0.25, -0.2) is 4.98 Å². The molecule has 16 heavy (non-hydrogen) atoms. The Balaban J connectivity index is 2.11. The molecule has 4 nitrogen and oxygen atoms in total. The third-order valence-corrected chi connectivity index (χ3v) is 3.52. The molecular weight excluding hydrogens is 204 g/mol. The van der Waals surface area contributed by atoms with Crippen molar-refractivity contribution in [1.82, 2.24) is 4.98 Å². The minimum atomic E-state index is -0.236. The van der Waals surface area contributed by atoms with E-state index in [1.807, 2.05) is 26.0 Å². The van der Waals surface area contributed by atoms with Crippen LogP contribution in [0.3, 0.4) is 0 Å². The van der Waals surface area contributed by atoms with Gasteiger partial charge in [0.05, 0.1) is 13.2 Å². The SMILES string of the molecule is COc1cccnc1NC1CC(O)C1(C)C. The van der Waals surface area contributed by atoms with Gasteiger partial charge in [0.25, 0.3) is 0 Å². The van der Waals surface area contributed by atoms with Crippen molar-refractivity contribution in [2.75, 3.05) is 12.4 Å². The van der Waals surface area contributed by atoms with Crippen LogP contribution in [0.2, 0.25) is 0 Å². The van der Waals surface area contributed by atoms with Gasteiger partial charge in [0.2, 0.25) is 0 Å². The van der Waals surface area contributed by atoms with Crippen LogP contribution in [-0.2, 0) is 0 Å². The summed E-state index contributed by atoms with van der Waals surface area (Å²) in [5.74, 6) is 1.48. The van der Waals surface area contributed by atoms with Gasteiger partial charge >= 0.3 is 0 Å². The van der Waals surface area contributed by atoms with Crippen LogP contribution in [0, 0.1) is 5.41 Å². The van der Waals surface area contributed by atoms with E-state index in [0.29, 0.717) is 0 Å². The van der Waals surface area contributed by atoms with Crippen LogP contribution in [0.5, 0.6) is 5.75 Å². The lowest BCUT2D eigenvalue weighted by molar-refractivity contribution is -0.0512. The molecule has 0 saturated heterocycles. The number of ether oxygens (including phenoxy) is 1. The molecule has 1 aromatic heterocycles. The molecule has 0 spiro atoms. The summed E-state index contributed by atoms with van der Waals surface area (Å²) in [7, 11) is 1.63. The zero-order valence-electron chi connectivity index (χ0n) is 9.90. The van der Waals surface area contributed by atoms with E-state index in [0.717, 1.165) is 18.0 Å². The topological polar surface area (TPSA) is 54.4 Å². The minimum absolute atomic E-state index is 0.109. The highest BCUT2D eigenvalue weighted by Gasteiger charge is 2.47. The summed E-state index contributed by atoms with van der Waals surface area (Å²) >= 11 is 0. The molecule has 0 bridgehead atoms. The molecule has 1 aliphatic rings. The smallest absolute Gasteiger partial charge is 0.168 e. The van der Waals surface area contributed by atoms with Crippen LogP contribution in [-0.4, -0.2) is 29.3 Å². The van der Waals surface area contributed by atoms with Gasteiger partial charge in [-0.05, 0) is 18.6 Å². The van der Waals surface area contributed by atoms with Crippen molar-refractivity contribution in [2.24, 2.45) is 5.41 Å². The molecule has 1 fully saturated rings. The average Bonchev–Trinajstić information content (AvgIpc) is 2.29. The number of anilines is 1. The maximum atomic E-state index is 9.66. The summed E-state index contributed by atoms with van der Waals surface area (Å²) in [5.41, 5.74) is -0.109. The minimum Gasteiger partial charge on any atom is -0.493 e. The van der Waals surface area contributed by atoms with E-state index >= 15 is 0 Å². The first-order valence-electron chi connectivity index (χ1n) is 5.49.